The molecular formula is C14H13BrO2. The number of hydrogen-bond acceptors (Lipinski definition) is 2. The molecule has 0 radical (unpaired) electrons. The van der Waals surface area contributed by atoms with Crippen molar-refractivity contribution >= 4 is 15.9 Å². The Balaban J connectivity index is 2.59. The van der Waals surface area contributed by atoms with Crippen LogP contribution in [0.5, 0.6) is 11.5 Å². The fourth-order valence-electron chi connectivity index (χ4n) is 1.70. The average molecular weight is 293 g/mol. The number of rotatable bonds is 3. The van der Waals surface area contributed by atoms with Gasteiger partial charge >= 0.3 is 0 Å². The molecule has 0 spiro atoms. The van der Waals surface area contributed by atoms with Gasteiger partial charge in [0, 0.05) is 5.56 Å². The van der Waals surface area contributed by atoms with Crippen LogP contribution in [0.3, 0.4) is 0 Å². The van der Waals surface area contributed by atoms with E-state index in [1.54, 1.807) is 14.2 Å². The smallest absolute Gasteiger partial charge is 0.133 e. The van der Waals surface area contributed by atoms with Gasteiger partial charge in [0.15, 0.2) is 0 Å². The van der Waals surface area contributed by atoms with Crippen LogP contribution in [0.1, 0.15) is 0 Å². The van der Waals surface area contributed by atoms with E-state index in [-0.39, 0.29) is 0 Å². The molecule has 0 saturated carbocycles. The minimum absolute atomic E-state index is 0.796. The van der Waals surface area contributed by atoms with Crippen LogP contribution in [-0.4, -0.2) is 14.2 Å². The lowest BCUT2D eigenvalue weighted by Gasteiger charge is -2.12. The summed E-state index contributed by atoms with van der Waals surface area (Å²) in [5.41, 5.74) is 2.13. The quantitative estimate of drug-likeness (QED) is 0.847. The summed E-state index contributed by atoms with van der Waals surface area (Å²) >= 11 is 3.45. The first kappa shape index (κ1) is 12.0. The molecule has 0 fully saturated rings. The van der Waals surface area contributed by atoms with Crippen molar-refractivity contribution in [3.05, 3.63) is 46.9 Å². The maximum atomic E-state index is 5.39. The molecular weight excluding hydrogens is 280 g/mol. The molecule has 0 aromatic heterocycles. The van der Waals surface area contributed by atoms with Crippen molar-refractivity contribution in [1.82, 2.24) is 0 Å². The van der Waals surface area contributed by atoms with E-state index in [1.807, 2.05) is 42.5 Å². The van der Waals surface area contributed by atoms with Gasteiger partial charge in [0.1, 0.15) is 11.5 Å². The van der Waals surface area contributed by atoms with E-state index in [0.717, 1.165) is 27.1 Å². The van der Waals surface area contributed by atoms with Crippen molar-refractivity contribution in [2.45, 2.75) is 0 Å². The predicted octanol–water partition coefficient (Wildman–Crippen LogP) is 4.13. The molecule has 88 valence electrons. The molecule has 0 aliphatic heterocycles. The fraction of sp³-hybridized carbons (Fsp3) is 0.143. The lowest BCUT2D eigenvalue weighted by Crippen LogP contribution is -1.91. The van der Waals surface area contributed by atoms with Crippen molar-refractivity contribution in [1.29, 1.82) is 0 Å². The minimum atomic E-state index is 0.796. The van der Waals surface area contributed by atoms with Gasteiger partial charge in [-0.15, -0.1) is 0 Å². The van der Waals surface area contributed by atoms with Crippen LogP contribution in [0.15, 0.2) is 46.9 Å². The van der Waals surface area contributed by atoms with Gasteiger partial charge in [-0.25, -0.2) is 0 Å². The Morgan fingerprint density at radius 1 is 0.882 bits per heavy atom. The largest absolute Gasteiger partial charge is 0.496 e. The van der Waals surface area contributed by atoms with Crippen LogP contribution >= 0.6 is 15.9 Å². The zero-order valence-corrected chi connectivity index (χ0v) is 11.3. The Bertz CT molecular complexity index is 509. The second kappa shape index (κ2) is 5.23. The number of ether oxygens (including phenoxy) is 2. The van der Waals surface area contributed by atoms with Gasteiger partial charge in [-0.3, -0.25) is 0 Å². The van der Waals surface area contributed by atoms with E-state index >= 15 is 0 Å². The van der Waals surface area contributed by atoms with Crippen LogP contribution in [-0.2, 0) is 0 Å². The van der Waals surface area contributed by atoms with Crippen molar-refractivity contribution in [3.63, 3.8) is 0 Å². The Hall–Kier alpha value is -1.48. The molecule has 2 nitrogen and oxygen atoms in total. The highest BCUT2D eigenvalue weighted by Crippen LogP contribution is 2.38. The zero-order valence-electron chi connectivity index (χ0n) is 9.74. The van der Waals surface area contributed by atoms with E-state index in [2.05, 4.69) is 15.9 Å². The summed E-state index contributed by atoms with van der Waals surface area (Å²) in [6.45, 7) is 0. The van der Waals surface area contributed by atoms with E-state index in [9.17, 15) is 0 Å². The molecule has 0 amide bonds. The number of benzene rings is 2. The lowest BCUT2D eigenvalue weighted by atomic mass is 10.0. The predicted molar refractivity (Wildman–Crippen MR) is 72.7 cm³/mol. The summed E-state index contributed by atoms with van der Waals surface area (Å²) in [6, 6.07) is 14.0. The summed E-state index contributed by atoms with van der Waals surface area (Å²) in [7, 11) is 3.32. The molecule has 0 bridgehead atoms. The second-order valence-corrected chi connectivity index (χ2v) is 4.41. The van der Waals surface area contributed by atoms with Crippen LogP contribution in [0.4, 0.5) is 0 Å². The van der Waals surface area contributed by atoms with Gasteiger partial charge in [0.2, 0.25) is 0 Å². The molecule has 2 aromatic rings. The van der Waals surface area contributed by atoms with Gasteiger partial charge < -0.3 is 9.47 Å². The summed E-state index contributed by atoms with van der Waals surface area (Å²) in [6.07, 6.45) is 0. The summed E-state index contributed by atoms with van der Waals surface area (Å²) in [4.78, 5) is 0. The van der Waals surface area contributed by atoms with Gasteiger partial charge in [0.05, 0.1) is 18.7 Å². The minimum Gasteiger partial charge on any atom is -0.496 e. The number of methoxy groups -OCH3 is 2. The highest BCUT2D eigenvalue weighted by molar-refractivity contribution is 9.10. The van der Waals surface area contributed by atoms with Crippen molar-refractivity contribution in [3.8, 4) is 22.6 Å². The molecule has 0 aliphatic carbocycles. The summed E-state index contributed by atoms with van der Waals surface area (Å²) < 4.78 is 11.6. The summed E-state index contributed by atoms with van der Waals surface area (Å²) in [5.74, 6) is 1.62. The third-order valence-electron chi connectivity index (χ3n) is 2.56. The summed E-state index contributed by atoms with van der Waals surface area (Å²) in [5, 5.41) is 0. The molecule has 2 rings (SSSR count). The zero-order chi connectivity index (χ0) is 12.3. The molecule has 0 saturated heterocycles. The topological polar surface area (TPSA) is 18.5 Å². The molecule has 0 aliphatic rings. The van der Waals surface area contributed by atoms with E-state index in [0.29, 0.717) is 0 Å². The Kier molecular flexibility index (Phi) is 3.69. The molecule has 0 heterocycles. The van der Waals surface area contributed by atoms with Crippen LogP contribution in [0.25, 0.3) is 11.1 Å². The first-order valence-electron chi connectivity index (χ1n) is 5.23. The molecule has 0 N–H and O–H groups in total. The second-order valence-electron chi connectivity index (χ2n) is 3.55. The van der Waals surface area contributed by atoms with Crippen molar-refractivity contribution < 1.29 is 9.47 Å². The molecule has 2 aromatic carbocycles. The van der Waals surface area contributed by atoms with Gasteiger partial charge in [-0.2, -0.15) is 0 Å². The first-order valence-corrected chi connectivity index (χ1v) is 6.02. The van der Waals surface area contributed by atoms with Gasteiger partial charge in [0.25, 0.3) is 0 Å². The highest BCUT2D eigenvalue weighted by atomic mass is 79.9. The van der Waals surface area contributed by atoms with E-state index in [1.165, 1.54) is 0 Å². The lowest BCUT2D eigenvalue weighted by molar-refractivity contribution is 0.402. The SMILES string of the molecule is COc1cc(-c2ccccc2)c(OC)cc1Br. The average Bonchev–Trinajstić information content (AvgIpc) is 2.39. The van der Waals surface area contributed by atoms with E-state index < -0.39 is 0 Å². The maximum absolute atomic E-state index is 5.39. The maximum Gasteiger partial charge on any atom is 0.133 e. The molecule has 0 atom stereocenters. The van der Waals surface area contributed by atoms with E-state index in [4.69, 9.17) is 9.47 Å². The van der Waals surface area contributed by atoms with Crippen molar-refractivity contribution in [2.75, 3.05) is 14.2 Å². The Labute approximate surface area is 109 Å². The normalized spacial score (nSPS) is 10.1. The molecule has 17 heavy (non-hydrogen) atoms. The fourth-order valence-corrected chi connectivity index (χ4v) is 2.19. The van der Waals surface area contributed by atoms with Crippen LogP contribution < -0.4 is 9.47 Å². The Morgan fingerprint density at radius 3 is 2.12 bits per heavy atom. The number of hydrogen-bond donors (Lipinski definition) is 0. The molecule has 0 unspecified atom stereocenters. The molecule has 3 heteroatoms. The van der Waals surface area contributed by atoms with Crippen LogP contribution in [0, 0.1) is 0 Å². The monoisotopic (exact) mass is 292 g/mol. The Morgan fingerprint density at radius 2 is 1.53 bits per heavy atom. The third kappa shape index (κ3) is 2.44. The standard InChI is InChI=1S/C14H13BrO2/c1-16-13-9-12(15)14(17-2)8-11(13)10-6-4-3-5-7-10/h3-9H,1-2H3. The van der Waals surface area contributed by atoms with Crippen molar-refractivity contribution in [2.24, 2.45) is 0 Å². The highest BCUT2D eigenvalue weighted by Gasteiger charge is 2.10. The third-order valence-corrected chi connectivity index (χ3v) is 3.18. The first-order chi connectivity index (χ1) is 8.26. The number of halogens is 1. The van der Waals surface area contributed by atoms with Gasteiger partial charge in [-0.1, -0.05) is 30.3 Å². The van der Waals surface area contributed by atoms with Gasteiger partial charge in [-0.05, 0) is 33.6 Å². The van der Waals surface area contributed by atoms with Crippen LogP contribution in [0.2, 0.25) is 0 Å².